The Morgan fingerprint density at radius 1 is 1.11 bits per heavy atom. The number of nitriles is 1. The minimum absolute atomic E-state index is 0.174. The molecule has 0 heterocycles. The smallest absolute Gasteiger partial charge is 0.349 e. The number of nitrogens with one attached hydrogen (secondary N) is 1. The molecule has 2 rings (SSSR count). The molecule has 0 spiro atoms. The van der Waals surface area contributed by atoms with Crippen LogP contribution < -0.4 is 10.2 Å². The van der Waals surface area contributed by atoms with E-state index >= 15 is 0 Å². The van der Waals surface area contributed by atoms with Gasteiger partial charge in [-0.1, -0.05) is 29.8 Å². The zero-order chi connectivity index (χ0) is 20.7. The van der Waals surface area contributed by atoms with E-state index in [1.54, 1.807) is 24.3 Å². The zero-order valence-electron chi connectivity index (χ0n) is 16.4. The number of aryl methyl sites for hydroxylation is 1. The van der Waals surface area contributed by atoms with Gasteiger partial charge in [0.15, 0.2) is 6.10 Å². The van der Waals surface area contributed by atoms with Gasteiger partial charge in [0.05, 0.1) is 0 Å². The van der Waals surface area contributed by atoms with Crippen molar-refractivity contribution in [2.75, 3.05) is 24.3 Å². The summed E-state index contributed by atoms with van der Waals surface area (Å²) in [5.41, 5.74) is 3.19. The maximum absolute atomic E-state index is 12.3. The number of hydrogen-bond acceptors (Lipinski definition) is 5. The van der Waals surface area contributed by atoms with Crippen molar-refractivity contribution < 1.29 is 14.3 Å². The molecule has 0 aliphatic rings. The quantitative estimate of drug-likeness (QED) is 0.473. The molecule has 144 valence electrons. The number of rotatable bonds is 6. The van der Waals surface area contributed by atoms with Gasteiger partial charge < -0.3 is 15.0 Å². The highest BCUT2D eigenvalue weighted by atomic mass is 16.5. The van der Waals surface area contributed by atoms with Crippen LogP contribution in [0.5, 0.6) is 0 Å². The second-order valence-electron chi connectivity index (χ2n) is 6.56. The summed E-state index contributed by atoms with van der Waals surface area (Å²) >= 11 is 0. The van der Waals surface area contributed by atoms with Gasteiger partial charge in [-0.15, -0.1) is 0 Å². The van der Waals surface area contributed by atoms with Gasteiger partial charge in [0.2, 0.25) is 0 Å². The Morgan fingerprint density at radius 2 is 1.71 bits per heavy atom. The molecule has 6 heteroatoms. The second kappa shape index (κ2) is 9.38. The second-order valence-corrected chi connectivity index (χ2v) is 6.56. The minimum atomic E-state index is -1.04. The molecular formula is C22H23N3O3. The van der Waals surface area contributed by atoms with Gasteiger partial charge >= 0.3 is 5.97 Å². The van der Waals surface area contributed by atoms with E-state index < -0.39 is 18.0 Å². The molecule has 0 radical (unpaired) electrons. The Balaban J connectivity index is 2.02. The zero-order valence-corrected chi connectivity index (χ0v) is 16.4. The highest BCUT2D eigenvalue weighted by Gasteiger charge is 2.20. The number of amides is 1. The number of esters is 1. The topological polar surface area (TPSA) is 82.4 Å². The van der Waals surface area contributed by atoms with Gasteiger partial charge in [-0.25, -0.2) is 4.79 Å². The molecule has 0 aromatic heterocycles. The molecule has 0 aliphatic carbocycles. The Morgan fingerprint density at radius 3 is 2.25 bits per heavy atom. The van der Waals surface area contributed by atoms with Crippen LogP contribution >= 0.6 is 0 Å². The fourth-order valence-electron chi connectivity index (χ4n) is 2.33. The summed E-state index contributed by atoms with van der Waals surface area (Å²) in [4.78, 5) is 26.4. The number of nitrogens with zero attached hydrogens (tertiary/aromatic N) is 2. The number of carbonyl (C=O) groups excluding carboxylic acids is 2. The van der Waals surface area contributed by atoms with Crippen LogP contribution in [0.15, 0.2) is 54.1 Å². The van der Waals surface area contributed by atoms with Gasteiger partial charge in [0.1, 0.15) is 11.6 Å². The van der Waals surface area contributed by atoms with Crippen molar-refractivity contribution in [1.29, 1.82) is 5.26 Å². The van der Waals surface area contributed by atoms with Crippen molar-refractivity contribution >= 4 is 29.3 Å². The van der Waals surface area contributed by atoms with E-state index in [1.807, 2.05) is 56.3 Å². The highest BCUT2D eigenvalue weighted by Crippen LogP contribution is 2.16. The summed E-state index contributed by atoms with van der Waals surface area (Å²) in [6, 6.07) is 16.4. The third-order valence-corrected chi connectivity index (χ3v) is 4.03. The lowest BCUT2D eigenvalue weighted by Crippen LogP contribution is -2.30. The Hall–Kier alpha value is -3.59. The van der Waals surface area contributed by atoms with Crippen molar-refractivity contribution in [3.05, 3.63) is 65.2 Å². The normalized spacial score (nSPS) is 11.9. The molecule has 0 fully saturated rings. The van der Waals surface area contributed by atoms with Crippen LogP contribution in [0.3, 0.4) is 0 Å². The van der Waals surface area contributed by atoms with E-state index in [0.29, 0.717) is 11.3 Å². The van der Waals surface area contributed by atoms with E-state index in [2.05, 4.69) is 5.32 Å². The van der Waals surface area contributed by atoms with E-state index in [-0.39, 0.29) is 5.57 Å². The first kappa shape index (κ1) is 20.7. The van der Waals surface area contributed by atoms with Crippen LogP contribution in [0, 0.1) is 18.3 Å². The maximum Gasteiger partial charge on any atom is 0.349 e. The molecule has 2 aromatic rings. The van der Waals surface area contributed by atoms with Crippen LogP contribution in [0.1, 0.15) is 18.1 Å². The minimum Gasteiger partial charge on any atom is -0.448 e. The number of ether oxygens (including phenoxy) is 1. The molecule has 1 amide bonds. The third-order valence-electron chi connectivity index (χ3n) is 4.03. The van der Waals surface area contributed by atoms with Gasteiger partial charge in [-0.05, 0) is 49.8 Å². The van der Waals surface area contributed by atoms with Crippen molar-refractivity contribution in [2.24, 2.45) is 0 Å². The lowest BCUT2D eigenvalue weighted by Gasteiger charge is -2.13. The largest absolute Gasteiger partial charge is 0.448 e. The van der Waals surface area contributed by atoms with E-state index in [4.69, 9.17) is 4.74 Å². The molecule has 1 atom stereocenters. The Bertz CT molecular complexity index is 908. The molecule has 1 N–H and O–H groups in total. The third kappa shape index (κ3) is 5.71. The monoisotopic (exact) mass is 377 g/mol. The fraction of sp³-hybridized carbons (Fsp3) is 0.227. The summed E-state index contributed by atoms with van der Waals surface area (Å²) in [7, 11) is 3.85. The van der Waals surface area contributed by atoms with Crippen LogP contribution in [0.25, 0.3) is 6.08 Å². The van der Waals surface area contributed by atoms with E-state index in [1.165, 1.54) is 13.0 Å². The predicted octanol–water partition coefficient (Wildman–Crippen LogP) is 3.54. The summed E-state index contributed by atoms with van der Waals surface area (Å²) in [5, 5.41) is 12.0. The van der Waals surface area contributed by atoms with Crippen LogP contribution in [0.4, 0.5) is 11.4 Å². The lowest BCUT2D eigenvalue weighted by atomic mass is 10.1. The molecular weight excluding hydrogens is 354 g/mol. The van der Waals surface area contributed by atoms with Crippen LogP contribution in [0.2, 0.25) is 0 Å². The SMILES string of the molecule is Cc1ccc(NC(=O)[C@H](C)OC(=O)/C(C#N)=C/c2ccc(N(C)C)cc2)cc1. The van der Waals surface area contributed by atoms with Crippen molar-refractivity contribution in [2.45, 2.75) is 20.0 Å². The maximum atomic E-state index is 12.3. The number of anilines is 2. The number of benzene rings is 2. The van der Waals surface area contributed by atoms with Gasteiger partial charge in [0.25, 0.3) is 5.91 Å². The number of hydrogen-bond donors (Lipinski definition) is 1. The first-order valence-corrected chi connectivity index (χ1v) is 8.78. The highest BCUT2D eigenvalue weighted by molar-refractivity contribution is 6.01. The predicted molar refractivity (Wildman–Crippen MR) is 110 cm³/mol. The van der Waals surface area contributed by atoms with Gasteiger partial charge in [-0.3, -0.25) is 4.79 Å². The molecule has 6 nitrogen and oxygen atoms in total. The first-order valence-electron chi connectivity index (χ1n) is 8.78. The average Bonchev–Trinajstić information content (AvgIpc) is 2.68. The summed E-state index contributed by atoms with van der Waals surface area (Å²) in [6.07, 6.45) is 0.397. The number of carbonyl (C=O) groups is 2. The molecule has 0 unspecified atom stereocenters. The average molecular weight is 377 g/mol. The van der Waals surface area contributed by atoms with Crippen molar-refractivity contribution in [3.63, 3.8) is 0 Å². The molecule has 0 bridgehead atoms. The van der Waals surface area contributed by atoms with E-state index in [9.17, 15) is 14.9 Å². The summed E-state index contributed by atoms with van der Waals surface area (Å²) < 4.78 is 5.15. The van der Waals surface area contributed by atoms with E-state index in [0.717, 1.165) is 11.3 Å². The van der Waals surface area contributed by atoms with Crippen LogP contribution in [-0.2, 0) is 14.3 Å². The molecule has 2 aromatic carbocycles. The van der Waals surface area contributed by atoms with Gasteiger partial charge in [0, 0.05) is 25.5 Å². The summed E-state index contributed by atoms with van der Waals surface area (Å²) in [6.45, 7) is 3.40. The van der Waals surface area contributed by atoms with Crippen molar-refractivity contribution in [3.8, 4) is 6.07 Å². The molecule has 28 heavy (non-hydrogen) atoms. The molecule has 0 saturated carbocycles. The Labute approximate surface area is 165 Å². The lowest BCUT2D eigenvalue weighted by molar-refractivity contribution is -0.148. The summed E-state index contributed by atoms with van der Waals surface area (Å²) in [5.74, 6) is -1.31. The molecule has 0 saturated heterocycles. The van der Waals surface area contributed by atoms with Gasteiger partial charge in [-0.2, -0.15) is 5.26 Å². The molecule has 0 aliphatic heterocycles. The fourth-order valence-corrected chi connectivity index (χ4v) is 2.33. The standard InChI is InChI=1S/C22H23N3O3/c1-15-5-9-19(10-6-15)24-21(26)16(2)28-22(27)18(14-23)13-17-7-11-20(12-8-17)25(3)4/h5-13,16H,1-4H3,(H,24,26)/b18-13+/t16-/m0/s1. The first-order chi connectivity index (χ1) is 13.3. The van der Waals surface area contributed by atoms with Crippen molar-refractivity contribution in [1.82, 2.24) is 0 Å². The Kier molecular flexibility index (Phi) is 6.94. The van der Waals surface area contributed by atoms with Crippen LogP contribution in [-0.4, -0.2) is 32.1 Å².